The van der Waals surface area contributed by atoms with E-state index in [1.54, 1.807) is 13.8 Å². The molecule has 0 spiro atoms. The highest BCUT2D eigenvalue weighted by Gasteiger charge is 2.55. The van der Waals surface area contributed by atoms with Crippen molar-refractivity contribution in [2.24, 2.45) is 0 Å². The molecule has 0 fully saturated rings. The Bertz CT molecular complexity index is 544. The SMILES string of the molecule is CCOP(=O)(OCC)C(O)(C[N+](=O)[O-])c1cccc(Cl)c1. The normalized spacial score (nSPS) is 14.7. The van der Waals surface area contributed by atoms with Gasteiger partial charge in [0.15, 0.2) is 0 Å². The second kappa shape index (κ2) is 7.33. The minimum atomic E-state index is -4.18. The van der Waals surface area contributed by atoms with Crippen LogP contribution >= 0.6 is 19.2 Å². The molecule has 0 amide bonds. The first-order valence-electron chi connectivity index (χ1n) is 6.28. The molecule has 7 nitrogen and oxygen atoms in total. The van der Waals surface area contributed by atoms with Gasteiger partial charge in [0.05, 0.1) is 13.2 Å². The molecular formula is C12H17ClNO6P. The van der Waals surface area contributed by atoms with Gasteiger partial charge in [0, 0.05) is 15.5 Å². The summed E-state index contributed by atoms with van der Waals surface area (Å²) < 4.78 is 23.0. The number of aliphatic hydroxyl groups is 1. The lowest BCUT2D eigenvalue weighted by atomic mass is 10.1. The standard InChI is InChI=1S/C12H17ClNO6P/c1-3-19-21(18,20-4-2)12(15,9-14(16)17)10-6-5-7-11(13)8-10/h5-8,15H,3-4,9H2,1-2H3. The summed E-state index contributed by atoms with van der Waals surface area (Å²) in [4.78, 5) is 10.1. The highest BCUT2D eigenvalue weighted by Crippen LogP contribution is 2.63. The summed E-state index contributed by atoms with van der Waals surface area (Å²) >= 11 is 5.84. The van der Waals surface area contributed by atoms with Gasteiger partial charge in [-0.1, -0.05) is 23.7 Å². The van der Waals surface area contributed by atoms with Gasteiger partial charge in [-0.15, -0.1) is 0 Å². The van der Waals surface area contributed by atoms with E-state index < -0.39 is 24.4 Å². The van der Waals surface area contributed by atoms with Gasteiger partial charge in [-0.3, -0.25) is 14.7 Å². The second-order valence-corrected chi connectivity index (χ2v) is 6.84. The maximum Gasteiger partial charge on any atom is 0.373 e. The zero-order chi connectivity index (χ0) is 16.1. The van der Waals surface area contributed by atoms with E-state index in [0.29, 0.717) is 0 Å². The largest absolute Gasteiger partial charge is 0.373 e. The third-order valence-electron chi connectivity index (χ3n) is 2.69. The number of hydrogen-bond donors (Lipinski definition) is 1. The van der Waals surface area contributed by atoms with Crippen molar-refractivity contribution in [3.63, 3.8) is 0 Å². The zero-order valence-corrected chi connectivity index (χ0v) is 13.3. The molecule has 1 N–H and O–H groups in total. The van der Waals surface area contributed by atoms with Gasteiger partial charge < -0.3 is 14.2 Å². The Kier molecular flexibility index (Phi) is 6.31. The van der Waals surface area contributed by atoms with E-state index in [1.165, 1.54) is 24.3 Å². The van der Waals surface area contributed by atoms with Gasteiger partial charge in [0.1, 0.15) is 0 Å². The molecule has 1 atom stereocenters. The first-order valence-corrected chi connectivity index (χ1v) is 8.20. The molecule has 1 unspecified atom stereocenters. The lowest BCUT2D eigenvalue weighted by Crippen LogP contribution is -2.36. The number of halogens is 1. The molecule has 1 aromatic rings. The minimum absolute atomic E-state index is 0.0110. The van der Waals surface area contributed by atoms with Crippen LogP contribution in [0, 0.1) is 10.1 Å². The highest BCUT2D eigenvalue weighted by molar-refractivity contribution is 7.55. The average molecular weight is 338 g/mol. The smallest absolute Gasteiger partial charge is 0.368 e. The van der Waals surface area contributed by atoms with E-state index in [1.807, 2.05) is 0 Å². The van der Waals surface area contributed by atoms with Crippen LogP contribution in [0.25, 0.3) is 0 Å². The van der Waals surface area contributed by atoms with E-state index in [9.17, 15) is 19.8 Å². The van der Waals surface area contributed by atoms with Crippen LogP contribution < -0.4 is 0 Å². The Balaban J connectivity index is 3.43. The highest BCUT2D eigenvalue weighted by atomic mass is 35.5. The summed E-state index contributed by atoms with van der Waals surface area (Å²) in [5.41, 5.74) is 0.0110. The van der Waals surface area contributed by atoms with Gasteiger partial charge in [0.2, 0.25) is 6.54 Å². The first-order chi connectivity index (χ1) is 9.79. The van der Waals surface area contributed by atoms with Crippen LogP contribution in [0.3, 0.4) is 0 Å². The van der Waals surface area contributed by atoms with Crippen molar-refractivity contribution in [3.8, 4) is 0 Å². The number of nitrogens with zero attached hydrogens (tertiary/aromatic N) is 1. The van der Waals surface area contributed by atoms with E-state index in [4.69, 9.17) is 20.6 Å². The van der Waals surface area contributed by atoms with E-state index >= 15 is 0 Å². The molecule has 118 valence electrons. The average Bonchev–Trinajstić information content (AvgIpc) is 2.38. The molecule has 9 heteroatoms. The topological polar surface area (TPSA) is 98.9 Å². The minimum Gasteiger partial charge on any atom is -0.368 e. The van der Waals surface area contributed by atoms with Crippen LogP contribution in [0.15, 0.2) is 24.3 Å². The number of rotatable bonds is 8. The molecule has 0 bridgehead atoms. The van der Waals surface area contributed by atoms with Crippen molar-refractivity contribution in [2.45, 2.75) is 19.2 Å². The predicted octanol–water partition coefficient (Wildman–Crippen LogP) is 3.03. The quantitative estimate of drug-likeness (QED) is 0.444. The predicted molar refractivity (Wildman–Crippen MR) is 78.1 cm³/mol. The zero-order valence-electron chi connectivity index (χ0n) is 11.7. The number of benzene rings is 1. The lowest BCUT2D eigenvalue weighted by Gasteiger charge is -2.31. The first kappa shape index (κ1) is 18.1. The van der Waals surface area contributed by atoms with Crippen molar-refractivity contribution in [2.75, 3.05) is 19.8 Å². The molecule has 0 radical (unpaired) electrons. The summed E-state index contributed by atoms with van der Waals surface area (Å²) in [7, 11) is -4.18. The van der Waals surface area contributed by atoms with Crippen molar-refractivity contribution < 1.29 is 23.6 Å². The van der Waals surface area contributed by atoms with Crippen LogP contribution in [0.5, 0.6) is 0 Å². The Morgan fingerprint density at radius 1 is 1.38 bits per heavy atom. The third-order valence-corrected chi connectivity index (χ3v) is 5.42. The van der Waals surface area contributed by atoms with Crippen molar-refractivity contribution in [1.82, 2.24) is 0 Å². The monoisotopic (exact) mass is 337 g/mol. The van der Waals surface area contributed by atoms with E-state index in [0.717, 1.165) is 0 Å². The molecule has 0 saturated carbocycles. The Hall–Kier alpha value is -0.980. The van der Waals surface area contributed by atoms with Crippen molar-refractivity contribution in [1.29, 1.82) is 0 Å². The fraction of sp³-hybridized carbons (Fsp3) is 0.500. The Morgan fingerprint density at radius 3 is 2.38 bits per heavy atom. The van der Waals surface area contributed by atoms with Gasteiger partial charge in [-0.05, 0) is 26.0 Å². The summed E-state index contributed by atoms with van der Waals surface area (Å²) in [5, 5.41) is 19.5. The number of hydrogen-bond acceptors (Lipinski definition) is 6. The summed E-state index contributed by atoms with van der Waals surface area (Å²) in [5.74, 6) is 0. The summed E-state index contributed by atoms with van der Waals surface area (Å²) in [6.45, 7) is 2.02. The van der Waals surface area contributed by atoms with Crippen molar-refractivity contribution >= 4 is 19.2 Å². The van der Waals surface area contributed by atoms with Crippen LogP contribution in [0.2, 0.25) is 5.02 Å². The van der Waals surface area contributed by atoms with Gasteiger partial charge in [-0.2, -0.15) is 0 Å². The molecule has 1 aromatic carbocycles. The third kappa shape index (κ3) is 4.02. The lowest BCUT2D eigenvalue weighted by molar-refractivity contribution is -0.496. The van der Waals surface area contributed by atoms with Crippen molar-refractivity contribution in [3.05, 3.63) is 45.0 Å². The van der Waals surface area contributed by atoms with Crippen LogP contribution in [0.1, 0.15) is 19.4 Å². The number of nitro groups is 1. The summed E-state index contributed by atoms with van der Waals surface area (Å²) in [6, 6.07) is 5.71. The Morgan fingerprint density at radius 2 is 1.95 bits per heavy atom. The molecule has 0 saturated heterocycles. The molecule has 21 heavy (non-hydrogen) atoms. The van der Waals surface area contributed by atoms with Crippen LogP contribution in [-0.4, -0.2) is 29.8 Å². The molecule has 0 heterocycles. The van der Waals surface area contributed by atoms with Gasteiger partial charge in [-0.25, -0.2) is 0 Å². The molecule has 0 aliphatic rings. The molecule has 0 aliphatic carbocycles. The molecule has 1 rings (SSSR count). The molecular weight excluding hydrogens is 321 g/mol. The van der Waals surface area contributed by atoms with Crippen LogP contribution in [-0.2, 0) is 19.0 Å². The van der Waals surface area contributed by atoms with E-state index in [2.05, 4.69) is 0 Å². The Labute approximate surface area is 127 Å². The fourth-order valence-corrected chi connectivity index (χ4v) is 3.96. The fourth-order valence-electron chi connectivity index (χ4n) is 1.84. The van der Waals surface area contributed by atoms with Crippen LogP contribution in [0.4, 0.5) is 0 Å². The maximum atomic E-state index is 12.8. The van der Waals surface area contributed by atoms with E-state index in [-0.39, 0.29) is 23.8 Å². The molecule has 0 aromatic heterocycles. The van der Waals surface area contributed by atoms with Gasteiger partial charge >= 0.3 is 7.60 Å². The second-order valence-electron chi connectivity index (χ2n) is 4.15. The maximum absolute atomic E-state index is 12.8. The molecule has 0 aliphatic heterocycles. The van der Waals surface area contributed by atoms with Gasteiger partial charge in [0.25, 0.3) is 5.34 Å². The summed E-state index contributed by atoms with van der Waals surface area (Å²) in [6.07, 6.45) is 0.